The monoisotopic (exact) mass is 389 g/mol. The average molecular weight is 390 g/mol. The van der Waals surface area contributed by atoms with E-state index in [9.17, 15) is 4.79 Å². The van der Waals surface area contributed by atoms with Gasteiger partial charge in [0.15, 0.2) is 0 Å². The van der Waals surface area contributed by atoms with Crippen LogP contribution in [-0.2, 0) is 16.1 Å². The molecule has 4 rings (SSSR count). The third-order valence-corrected chi connectivity index (χ3v) is 6.86. The number of nitrogens with zero attached hydrogens (tertiary/aromatic N) is 4. The minimum absolute atomic E-state index is 0.182. The summed E-state index contributed by atoms with van der Waals surface area (Å²) in [6.45, 7) is 12.5. The zero-order chi connectivity index (χ0) is 19.5. The maximum atomic E-state index is 12.9. The number of aromatic amines is 1. The van der Waals surface area contributed by atoms with Crippen molar-refractivity contribution in [3.63, 3.8) is 0 Å². The van der Waals surface area contributed by atoms with Crippen LogP contribution in [0.4, 0.5) is 0 Å². The molecule has 1 atom stereocenters. The molecule has 28 heavy (non-hydrogen) atoms. The first-order valence-corrected chi connectivity index (χ1v) is 10.9. The van der Waals surface area contributed by atoms with Crippen molar-refractivity contribution in [1.29, 1.82) is 0 Å². The fourth-order valence-corrected chi connectivity index (χ4v) is 5.05. The van der Waals surface area contributed by atoms with Crippen molar-refractivity contribution in [3.8, 4) is 0 Å². The van der Waals surface area contributed by atoms with Gasteiger partial charge in [-0.3, -0.25) is 19.7 Å². The summed E-state index contributed by atoms with van der Waals surface area (Å²) < 4.78 is 5.40. The Morgan fingerprint density at radius 1 is 1.11 bits per heavy atom. The number of carbonyl (C=O) groups excluding carboxylic acids is 1. The van der Waals surface area contributed by atoms with E-state index in [2.05, 4.69) is 33.8 Å². The highest BCUT2D eigenvalue weighted by Gasteiger charge is 2.34. The van der Waals surface area contributed by atoms with Gasteiger partial charge in [-0.05, 0) is 59.2 Å². The third-order valence-electron chi connectivity index (χ3n) is 6.86. The first-order valence-electron chi connectivity index (χ1n) is 10.9. The molecule has 0 aliphatic carbocycles. The summed E-state index contributed by atoms with van der Waals surface area (Å²) in [5.74, 6) is 0.539. The van der Waals surface area contributed by atoms with E-state index in [0.717, 1.165) is 64.3 Å². The number of nitrogens with one attached hydrogen (secondary N) is 1. The van der Waals surface area contributed by atoms with Gasteiger partial charge in [0.1, 0.15) is 0 Å². The Bertz CT molecular complexity index is 642. The molecule has 7 nitrogen and oxygen atoms in total. The number of aromatic nitrogens is 2. The van der Waals surface area contributed by atoms with Crippen molar-refractivity contribution in [2.45, 2.75) is 52.1 Å². The van der Waals surface area contributed by atoms with Crippen LogP contribution in [0.5, 0.6) is 0 Å². The van der Waals surface area contributed by atoms with Gasteiger partial charge in [-0.2, -0.15) is 5.10 Å². The van der Waals surface area contributed by atoms with Crippen molar-refractivity contribution in [1.82, 2.24) is 24.9 Å². The van der Waals surface area contributed by atoms with Gasteiger partial charge in [0.05, 0.1) is 24.8 Å². The number of likely N-dealkylation sites (tertiary alicyclic amines) is 2. The highest BCUT2D eigenvalue weighted by molar-refractivity contribution is 5.79. The molecule has 3 aliphatic rings. The van der Waals surface area contributed by atoms with Crippen LogP contribution in [0, 0.1) is 19.8 Å². The predicted octanol–water partition coefficient (Wildman–Crippen LogP) is 1.56. The lowest BCUT2D eigenvalue weighted by molar-refractivity contribution is -0.142. The smallest absolute Gasteiger partial charge is 0.227 e. The molecule has 0 unspecified atom stereocenters. The fraction of sp³-hybridized carbons (Fsp3) is 0.810. The molecule has 1 aromatic heterocycles. The zero-order valence-corrected chi connectivity index (χ0v) is 17.5. The van der Waals surface area contributed by atoms with E-state index >= 15 is 0 Å². The van der Waals surface area contributed by atoms with Crippen molar-refractivity contribution in [2.75, 3.05) is 52.5 Å². The molecule has 156 valence electrons. The highest BCUT2D eigenvalue weighted by Crippen LogP contribution is 2.26. The molecular formula is C21H35N5O2. The molecule has 1 amide bonds. The van der Waals surface area contributed by atoms with Crippen LogP contribution in [-0.4, -0.2) is 89.3 Å². The summed E-state index contributed by atoms with van der Waals surface area (Å²) in [5, 5.41) is 7.43. The first kappa shape index (κ1) is 19.9. The Morgan fingerprint density at radius 2 is 1.86 bits per heavy atom. The molecule has 1 aromatic rings. The number of H-pyrrole nitrogens is 1. The number of piperidine rings is 2. The number of hydrogen-bond donors (Lipinski definition) is 1. The number of morpholine rings is 1. The van der Waals surface area contributed by atoms with Gasteiger partial charge in [-0.25, -0.2) is 0 Å². The molecule has 0 spiro atoms. The van der Waals surface area contributed by atoms with Crippen molar-refractivity contribution < 1.29 is 9.53 Å². The molecule has 0 radical (unpaired) electrons. The maximum absolute atomic E-state index is 12.9. The highest BCUT2D eigenvalue weighted by atomic mass is 16.5. The van der Waals surface area contributed by atoms with Gasteiger partial charge in [0.25, 0.3) is 0 Å². The number of aryl methyl sites for hydroxylation is 2. The Hall–Kier alpha value is -1.44. The van der Waals surface area contributed by atoms with E-state index in [4.69, 9.17) is 4.74 Å². The zero-order valence-electron chi connectivity index (χ0n) is 17.5. The van der Waals surface area contributed by atoms with Crippen LogP contribution in [0.2, 0.25) is 0 Å². The summed E-state index contributed by atoms with van der Waals surface area (Å²) in [7, 11) is 0. The Labute approximate surface area is 168 Å². The van der Waals surface area contributed by atoms with E-state index < -0.39 is 0 Å². The normalized spacial score (nSPS) is 25.9. The molecule has 3 saturated heterocycles. The maximum Gasteiger partial charge on any atom is 0.227 e. The summed E-state index contributed by atoms with van der Waals surface area (Å²) >= 11 is 0. The van der Waals surface area contributed by atoms with Crippen LogP contribution in [0.1, 0.15) is 42.6 Å². The Balaban J connectivity index is 1.27. The molecule has 0 bridgehead atoms. The van der Waals surface area contributed by atoms with E-state index in [1.165, 1.54) is 24.1 Å². The Morgan fingerprint density at radius 3 is 2.54 bits per heavy atom. The second-order valence-corrected chi connectivity index (χ2v) is 8.69. The van der Waals surface area contributed by atoms with Gasteiger partial charge >= 0.3 is 0 Å². The second kappa shape index (κ2) is 8.93. The van der Waals surface area contributed by atoms with E-state index in [-0.39, 0.29) is 5.92 Å². The summed E-state index contributed by atoms with van der Waals surface area (Å²) in [4.78, 5) is 20.1. The summed E-state index contributed by atoms with van der Waals surface area (Å²) in [6, 6.07) is 0.628. The molecule has 0 saturated carbocycles. The van der Waals surface area contributed by atoms with Crippen LogP contribution >= 0.6 is 0 Å². The molecule has 3 fully saturated rings. The van der Waals surface area contributed by atoms with Gasteiger partial charge < -0.3 is 9.64 Å². The standard InChI is InChI=1S/C21H35N5O2/c1-16-20(17(2)23-22-16)15-24-8-5-19(6-9-24)26-7-3-4-18(14-26)21(27)25-10-12-28-13-11-25/h18-19H,3-15H2,1-2H3,(H,22,23)/t18-/m1/s1. The van der Waals surface area contributed by atoms with E-state index in [0.29, 0.717) is 25.2 Å². The number of rotatable bonds is 4. The lowest BCUT2D eigenvalue weighted by Gasteiger charge is -2.43. The van der Waals surface area contributed by atoms with Crippen LogP contribution < -0.4 is 0 Å². The van der Waals surface area contributed by atoms with Crippen molar-refractivity contribution in [2.24, 2.45) is 5.92 Å². The minimum Gasteiger partial charge on any atom is -0.378 e. The molecule has 0 aromatic carbocycles. The number of carbonyl (C=O) groups is 1. The van der Waals surface area contributed by atoms with Crippen LogP contribution in [0.25, 0.3) is 0 Å². The summed E-state index contributed by atoms with van der Waals surface area (Å²) in [5.41, 5.74) is 3.67. The van der Waals surface area contributed by atoms with Crippen LogP contribution in [0.3, 0.4) is 0 Å². The van der Waals surface area contributed by atoms with E-state index in [1.807, 2.05) is 4.90 Å². The van der Waals surface area contributed by atoms with Gasteiger partial charge in [0.2, 0.25) is 5.91 Å². The number of hydrogen-bond acceptors (Lipinski definition) is 5. The number of amides is 1. The van der Waals surface area contributed by atoms with Gasteiger partial charge in [0, 0.05) is 43.5 Å². The molecule has 3 aliphatic heterocycles. The molecular weight excluding hydrogens is 354 g/mol. The second-order valence-electron chi connectivity index (χ2n) is 8.69. The third kappa shape index (κ3) is 4.42. The summed E-state index contributed by atoms with van der Waals surface area (Å²) in [6.07, 6.45) is 4.60. The number of ether oxygens (including phenoxy) is 1. The topological polar surface area (TPSA) is 64.7 Å². The molecule has 7 heteroatoms. The van der Waals surface area contributed by atoms with Gasteiger partial charge in [-0.15, -0.1) is 0 Å². The van der Waals surface area contributed by atoms with Crippen LogP contribution in [0.15, 0.2) is 0 Å². The Kier molecular flexibility index (Phi) is 6.33. The average Bonchev–Trinajstić information content (AvgIpc) is 3.06. The lowest BCUT2D eigenvalue weighted by Crippen LogP contribution is -2.52. The minimum atomic E-state index is 0.182. The van der Waals surface area contributed by atoms with Crippen molar-refractivity contribution >= 4 is 5.91 Å². The van der Waals surface area contributed by atoms with Gasteiger partial charge in [-0.1, -0.05) is 0 Å². The van der Waals surface area contributed by atoms with Crippen molar-refractivity contribution in [3.05, 3.63) is 17.0 Å². The van der Waals surface area contributed by atoms with E-state index in [1.54, 1.807) is 0 Å². The lowest BCUT2D eigenvalue weighted by atomic mass is 9.92. The predicted molar refractivity (Wildman–Crippen MR) is 108 cm³/mol. The molecule has 1 N–H and O–H groups in total. The largest absolute Gasteiger partial charge is 0.378 e. The first-order chi connectivity index (χ1) is 13.6. The SMILES string of the molecule is Cc1n[nH]c(C)c1CN1CCC(N2CCC[C@@H](C(=O)N3CCOCC3)C2)CC1. The quantitative estimate of drug-likeness (QED) is 0.847. The molecule has 4 heterocycles. The fourth-order valence-electron chi connectivity index (χ4n) is 5.05.